The molecule has 0 saturated heterocycles. The van der Waals surface area contributed by atoms with E-state index in [1.54, 1.807) is 11.8 Å². The summed E-state index contributed by atoms with van der Waals surface area (Å²) in [6.45, 7) is 2.18. The summed E-state index contributed by atoms with van der Waals surface area (Å²) in [4.78, 5) is 2.51. The average molecular weight is 470 g/mol. The molecular formula is C13H12I2OS. The molecule has 2 rings (SSSR count). The molecule has 0 saturated carbocycles. The van der Waals surface area contributed by atoms with Crippen molar-refractivity contribution in [2.75, 3.05) is 0 Å². The van der Waals surface area contributed by atoms with Gasteiger partial charge in [-0.15, -0.1) is 0 Å². The van der Waals surface area contributed by atoms with Gasteiger partial charge in [0.15, 0.2) is 3.77 Å². The van der Waals surface area contributed by atoms with Crippen molar-refractivity contribution in [1.82, 2.24) is 0 Å². The van der Waals surface area contributed by atoms with E-state index in [1.807, 2.05) is 6.07 Å². The summed E-state index contributed by atoms with van der Waals surface area (Å²) in [6, 6.07) is 10.4. The molecule has 0 aliphatic rings. The fourth-order valence-corrected chi connectivity index (χ4v) is 4.68. The van der Waals surface area contributed by atoms with Crippen molar-refractivity contribution in [3.63, 3.8) is 0 Å². The van der Waals surface area contributed by atoms with Gasteiger partial charge in [-0.3, -0.25) is 0 Å². The number of furan rings is 1. The monoisotopic (exact) mass is 470 g/mol. The standard InChI is InChI=1S/C13H12I2OS/c1-2-6-10-11(14)12(13(15)16-10)17-9-7-4-3-5-8-9/h3-5,7-8H,2,6H2,1H3. The number of benzene rings is 1. The molecular weight excluding hydrogens is 458 g/mol. The molecule has 0 amide bonds. The van der Waals surface area contributed by atoms with E-state index < -0.39 is 0 Å². The summed E-state index contributed by atoms with van der Waals surface area (Å²) in [5, 5.41) is 0. The molecule has 1 nitrogen and oxygen atoms in total. The van der Waals surface area contributed by atoms with E-state index in [2.05, 4.69) is 76.4 Å². The van der Waals surface area contributed by atoms with Crippen LogP contribution in [0.5, 0.6) is 0 Å². The second-order valence-corrected chi connectivity index (χ2v) is 6.75. The van der Waals surface area contributed by atoms with Crippen LogP contribution in [0.2, 0.25) is 0 Å². The Hall–Kier alpha value is 0.310. The Labute approximate surface area is 133 Å². The van der Waals surface area contributed by atoms with Gasteiger partial charge < -0.3 is 4.42 Å². The third-order valence-electron chi connectivity index (χ3n) is 2.28. The summed E-state index contributed by atoms with van der Waals surface area (Å²) in [5.74, 6) is 1.12. The zero-order valence-corrected chi connectivity index (χ0v) is 14.5. The van der Waals surface area contributed by atoms with Gasteiger partial charge in [-0.1, -0.05) is 36.9 Å². The van der Waals surface area contributed by atoms with E-state index in [0.717, 1.165) is 22.4 Å². The van der Waals surface area contributed by atoms with Gasteiger partial charge in [0.05, 0.1) is 8.47 Å². The van der Waals surface area contributed by atoms with Crippen molar-refractivity contribution in [2.45, 2.75) is 29.6 Å². The van der Waals surface area contributed by atoms with Crippen LogP contribution < -0.4 is 0 Å². The Morgan fingerprint density at radius 2 is 1.88 bits per heavy atom. The third kappa shape index (κ3) is 3.41. The molecule has 0 atom stereocenters. The summed E-state index contributed by atoms with van der Waals surface area (Å²) < 4.78 is 8.09. The average Bonchev–Trinajstić information content (AvgIpc) is 2.59. The quantitative estimate of drug-likeness (QED) is 0.541. The van der Waals surface area contributed by atoms with Gasteiger partial charge in [0, 0.05) is 33.9 Å². The van der Waals surface area contributed by atoms with Crippen LogP contribution in [0.1, 0.15) is 19.1 Å². The predicted octanol–water partition coefficient (Wildman–Crippen LogP) is 5.59. The minimum Gasteiger partial charge on any atom is -0.453 e. The molecule has 0 N–H and O–H groups in total. The van der Waals surface area contributed by atoms with Crippen LogP contribution in [0, 0.1) is 7.34 Å². The molecule has 17 heavy (non-hydrogen) atoms. The summed E-state index contributed by atoms with van der Waals surface area (Å²) in [5.41, 5.74) is 0. The zero-order chi connectivity index (χ0) is 12.3. The molecule has 90 valence electrons. The number of halogens is 2. The highest BCUT2D eigenvalue weighted by Gasteiger charge is 2.16. The van der Waals surface area contributed by atoms with Crippen molar-refractivity contribution in [2.24, 2.45) is 0 Å². The van der Waals surface area contributed by atoms with E-state index in [4.69, 9.17) is 4.42 Å². The molecule has 0 fully saturated rings. The van der Waals surface area contributed by atoms with E-state index >= 15 is 0 Å². The molecule has 0 radical (unpaired) electrons. The Bertz CT molecular complexity index is 494. The number of rotatable bonds is 4. The van der Waals surface area contributed by atoms with Crippen LogP contribution in [0.25, 0.3) is 0 Å². The molecule has 0 aliphatic carbocycles. The summed E-state index contributed by atoms with van der Waals surface area (Å²) in [7, 11) is 0. The minimum atomic E-state index is 1.00. The molecule has 1 heterocycles. The second-order valence-electron chi connectivity index (χ2n) is 3.61. The number of hydrogen-bond acceptors (Lipinski definition) is 2. The molecule has 0 spiro atoms. The van der Waals surface area contributed by atoms with Crippen LogP contribution >= 0.6 is 56.9 Å². The Balaban J connectivity index is 2.27. The van der Waals surface area contributed by atoms with Gasteiger partial charge >= 0.3 is 0 Å². The Morgan fingerprint density at radius 1 is 1.18 bits per heavy atom. The highest BCUT2D eigenvalue weighted by atomic mass is 127. The summed E-state index contributed by atoms with van der Waals surface area (Å²) in [6.07, 6.45) is 2.14. The van der Waals surface area contributed by atoms with E-state index in [1.165, 1.54) is 13.4 Å². The molecule has 0 aliphatic heterocycles. The Morgan fingerprint density at radius 3 is 2.53 bits per heavy atom. The maximum absolute atomic E-state index is 5.82. The number of aryl methyl sites for hydroxylation is 1. The lowest BCUT2D eigenvalue weighted by atomic mass is 10.3. The Kier molecular flexibility index (Phi) is 5.23. The molecule has 4 heteroatoms. The second kappa shape index (κ2) is 6.47. The van der Waals surface area contributed by atoms with E-state index in [-0.39, 0.29) is 0 Å². The topological polar surface area (TPSA) is 13.1 Å². The van der Waals surface area contributed by atoms with Gasteiger partial charge in [-0.25, -0.2) is 0 Å². The smallest absolute Gasteiger partial charge is 0.178 e. The summed E-state index contributed by atoms with van der Waals surface area (Å²) >= 11 is 6.45. The normalized spacial score (nSPS) is 10.8. The van der Waals surface area contributed by atoms with Crippen LogP contribution in [0.4, 0.5) is 0 Å². The van der Waals surface area contributed by atoms with Gasteiger partial charge in [-0.05, 0) is 41.1 Å². The molecule has 1 aromatic heterocycles. The first-order chi connectivity index (χ1) is 8.22. The lowest BCUT2D eigenvalue weighted by Crippen LogP contribution is -1.82. The fraction of sp³-hybridized carbons (Fsp3) is 0.231. The van der Waals surface area contributed by atoms with Gasteiger partial charge in [0.25, 0.3) is 0 Å². The lowest BCUT2D eigenvalue weighted by molar-refractivity contribution is 0.476. The first kappa shape index (κ1) is 13.7. The highest BCUT2D eigenvalue weighted by molar-refractivity contribution is 14.1. The molecule has 2 aromatic rings. The maximum Gasteiger partial charge on any atom is 0.178 e. The van der Waals surface area contributed by atoms with E-state index in [0.29, 0.717) is 0 Å². The largest absolute Gasteiger partial charge is 0.453 e. The van der Waals surface area contributed by atoms with Gasteiger partial charge in [0.2, 0.25) is 0 Å². The minimum absolute atomic E-state index is 1.00. The number of hydrogen-bond donors (Lipinski definition) is 0. The van der Waals surface area contributed by atoms with Crippen LogP contribution in [0.15, 0.2) is 44.5 Å². The van der Waals surface area contributed by atoms with Gasteiger partial charge in [0.1, 0.15) is 5.76 Å². The van der Waals surface area contributed by atoms with Crippen molar-refractivity contribution in [3.05, 3.63) is 43.4 Å². The van der Waals surface area contributed by atoms with Crippen molar-refractivity contribution >= 4 is 56.9 Å². The van der Waals surface area contributed by atoms with Crippen molar-refractivity contribution in [3.8, 4) is 0 Å². The third-order valence-corrected chi connectivity index (χ3v) is 6.01. The van der Waals surface area contributed by atoms with Crippen molar-refractivity contribution in [1.29, 1.82) is 0 Å². The first-order valence-corrected chi connectivity index (χ1v) is 8.39. The van der Waals surface area contributed by atoms with Crippen LogP contribution in [-0.4, -0.2) is 0 Å². The fourth-order valence-electron chi connectivity index (χ4n) is 1.49. The van der Waals surface area contributed by atoms with Crippen LogP contribution in [-0.2, 0) is 6.42 Å². The highest BCUT2D eigenvalue weighted by Crippen LogP contribution is 2.38. The lowest BCUT2D eigenvalue weighted by Gasteiger charge is -1.99. The predicted molar refractivity (Wildman–Crippen MR) is 88.7 cm³/mol. The molecule has 0 bridgehead atoms. The SMILES string of the molecule is CCCc1oc(I)c(Sc2ccccc2)c1I. The van der Waals surface area contributed by atoms with Gasteiger partial charge in [-0.2, -0.15) is 0 Å². The van der Waals surface area contributed by atoms with Crippen LogP contribution in [0.3, 0.4) is 0 Å². The van der Waals surface area contributed by atoms with E-state index in [9.17, 15) is 0 Å². The first-order valence-electron chi connectivity index (χ1n) is 5.42. The maximum atomic E-state index is 5.82. The zero-order valence-electron chi connectivity index (χ0n) is 9.37. The van der Waals surface area contributed by atoms with Crippen molar-refractivity contribution < 1.29 is 4.42 Å². The molecule has 1 aromatic carbocycles. The molecule has 0 unspecified atom stereocenters.